The summed E-state index contributed by atoms with van der Waals surface area (Å²) < 4.78 is 51.4. The van der Waals surface area contributed by atoms with Gasteiger partial charge in [-0.2, -0.15) is 0 Å². The van der Waals surface area contributed by atoms with Gasteiger partial charge in [0.15, 0.2) is 17.5 Å². The Morgan fingerprint density at radius 2 is 0.855 bits per heavy atom. The molecule has 0 saturated heterocycles. The highest BCUT2D eigenvalue weighted by atomic mass is 16.3. The average molecular weight is 798 g/mol. The monoisotopic (exact) mass is 797 g/mol. The third kappa shape index (κ3) is 6.14. The SMILES string of the molecule is [2H]c1c([2H])c([2H])c(-c2ccc3c(c2)oc2c(-c4nc(-c5ccccc5)nc(-c5ccc(-c6ccc(-c7ccccc7)cc6)cc5)n4)cc(-n4c5ccccc5c5ccccc54)cc23)c([2H])c1[2H]. The Morgan fingerprint density at radius 3 is 1.47 bits per heavy atom. The van der Waals surface area contributed by atoms with Gasteiger partial charge in [-0.3, -0.25) is 0 Å². The van der Waals surface area contributed by atoms with Gasteiger partial charge < -0.3 is 8.98 Å². The molecule has 0 fully saturated rings. The summed E-state index contributed by atoms with van der Waals surface area (Å²) in [7, 11) is 0. The molecule has 5 nitrogen and oxygen atoms in total. The molecule has 290 valence electrons. The van der Waals surface area contributed by atoms with Crippen LogP contribution in [0.5, 0.6) is 0 Å². The number of aromatic nitrogens is 4. The van der Waals surface area contributed by atoms with Crippen LogP contribution in [0.3, 0.4) is 0 Å². The van der Waals surface area contributed by atoms with Crippen LogP contribution in [0.4, 0.5) is 0 Å². The van der Waals surface area contributed by atoms with Crippen LogP contribution in [0, 0.1) is 0 Å². The third-order valence-electron chi connectivity index (χ3n) is 11.6. The maximum absolute atomic E-state index is 8.72. The Balaban J connectivity index is 1.07. The van der Waals surface area contributed by atoms with Gasteiger partial charge >= 0.3 is 0 Å². The highest BCUT2D eigenvalue weighted by molar-refractivity contribution is 6.13. The van der Waals surface area contributed by atoms with Crippen molar-refractivity contribution in [2.45, 2.75) is 0 Å². The van der Waals surface area contributed by atoms with Crippen LogP contribution in [-0.4, -0.2) is 19.5 Å². The molecular weight excluding hydrogens is 757 g/mol. The van der Waals surface area contributed by atoms with Crippen LogP contribution in [0.2, 0.25) is 0 Å². The van der Waals surface area contributed by atoms with Crippen LogP contribution in [0.25, 0.3) is 117 Å². The summed E-state index contributed by atoms with van der Waals surface area (Å²) in [4.78, 5) is 15.5. The number of para-hydroxylation sites is 2. The zero-order valence-electron chi connectivity index (χ0n) is 38.1. The molecule has 9 aromatic carbocycles. The van der Waals surface area contributed by atoms with E-state index in [2.05, 4.69) is 102 Å². The van der Waals surface area contributed by atoms with Gasteiger partial charge in [0, 0.05) is 38.4 Å². The van der Waals surface area contributed by atoms with Crippen LogP contribution in [-0.2, 0) is 0 Å². The lowest BCUT2D eigenvalue weighted by atomic mass is 9.99. The average Bonchev–Trinajstić information content (AvgIpc) is 3.93. The predicted molar refractivity (Wildman–Crippen MR) is 254 cm³/mol. The number of nitrogens with zero attached hydrogens (tertiary/aromatic N) is 4. The molecule has 0 aliphatic heterocycles. The van der Waals surface area contributed by atoms with Crippen LogP contribution in [0.1, 0.15) is 6.85 Å². The number of hydrogen-bond acceptors (Lipinski definition) is 4. The first-order chi connectivity index (χ1) is 32.8. The summed E-state index contributed by atoms with van der Waals surface area (Å²) in [6, 6.07) is 61.5. The zero-order valence-corrected chi connectivity index (χ0v) is 33.1. The maximum Gasteiger partial charge on any atom is 0.167 e. The van der Waals surface area contributed by atoms with E-state index in [1.54, 1.807) is 12.1 Å². The predicted octanol–water partition coefficient (Wildman–Crippen LogP) is 14.9. The topological polar surface area (TPSA) is 56.7 Å². The molecule has 0 radical (unpaired) electrons. The van der Waals surface area contributed by atoms with E-state index in [9.17, 15) is 0 Å². The summed E-state index contributed by atoms with van der Waals surface area (Å²) in [5.74, 6) is 1.39. The maximum atomic E-state index is 8.72. The van der Waals surface area contributed by atoms with E-state index in [4.69, 9.17) is 26.2 Å². The molecule has 12 aromatic rings. The van der Waals surface area contributed by atoms with Crippen molar-refractivity contribution < 1.29 is 11.3 Å². The van der Waals surface area contributed by atoms with Crippen molar-refractivity contribution in [1.29, 1.82) is 0 Å². The molecule has 5 heteroatoms. The fraction of sp³-hybridized carbons (Fsp3) is 0. The van der Waals surface area contributed by atoms with Gasteiger partial charge in [-0.15, -0.1) is 0 Å². The quantitative estimate of drug-likeness (QED) is 0.161. The van der Waals surface area contributed by atoms with Gasteiger partial charge in [0.25, 0.3) is 0 Å². The first kappa shape index (κ1) is 30.6. The molecule has 0 bridgehead atoms. The normalized spacial score (nSPS) is 12.7. The molecule has 0 saturated carbocycles. The second kappa shape index (κ2) is 14.7. The molecule has 62 heavy (non-hydrogen) atoms. The fourth-order valence-electron chi connectivity index (χ4n) is 8.55. The number of furan rings is 1. The van der Waals surface area contributed by atoms with Crippen LogP contribution >= 0.6 is 0 Å². The van der Waals surface area contributed by atoms with Crippen molar-refractivity contribution in [2.75, 3.05) is 0 Å². The van der Waals surface area contributed by atoms with Crippen molar-refractivity contribution >= 4 is 43.7 Å². The molecule has 3 heterocycles. The van der Waals surface area contributed by atoms with Gasteiger partial charge in [-0.1, -0.05) is 182 Å². The molecule has 0 spiro atoms. The summed E-state index contributed by atoms with van der Waals surface area (Å²) in [5, 5.41) is 3.80. The molecule has 3 aromatic heterocycles. The molecule has 0 atom stereocenters. The minimum absolute atomic E-state index is 0.101. The van der Waals surface area contributed by atoms with Gasteiger partial charge in [0.2, 0.25) is 0 Å². The van der Waals surface area contributed by atoms with Gasteiger partial charge in [-0.05, 0) is 69.8 Å². The number of benzene rings is 9. The van der Waals surface area contributed by atoms with E-state index >= 15 is 0 Å². The fourth-order valence-corrected chi connectivity index (χ4v) is 8.55. The summed E-state index contributed by atoms with van der Waals surface area (Å²) in [5.41, 5.74) is 11.2. The van der Waals surface area contributed by atoms with Gasteiger partial charge in [0.1, 0.15) is 11.2 Å². The molecular formula is C57H36N4O. The number of fused-ring (bicyclic) bond motifs is 6. The van der Waals surface area contributed by atoms with Crippen molar-refractivity contribution in [3.63, 3.8) is 0 Å². The zero-order chi connectivity index (χ0) is 45.3. The third-order valence-corrected chi connectivity index (χ3v) is 11.6. The van der Waals surface area contributed by atoms with Crippen molar-refractivity contribution in [2.24, 2.45) is 0 Å². The Morgan fingerprint density at radius 1 is 0.371 bits per heavy atom. The Hall–Kier alpha value is -8.41. The van der Waals surface area contributed by atoms with Crippen LogP contribution < -0.4 is 0 Å². The number of rotatable bonds is 7. The molecule has 0 aliphatic rings. The lowest BCUT2D eigenvalue weighted by Crippen LogP contribution is -2.01. The molecule has 12 rings (SSSR count). The first-order valence-corrected chi connectivity index (χ1v) is 20.4. The summed E-state index contributed by atoms with van der Waals surface area (Å²) >= 11 is 0. The molecule has 0 N–H and O–H groups in total. The van der Waals surface area contributed by atoms with Crippen molar-refractivity contribution in [3.8, 4) is 73.2 Å². The van der Waals surface area contributed by atoms with E-state index in [1.807, 2.05) is 78.9 Å². The van der Waals surface area contributed by atoms with Gasteiger partial charge in [-0.25, -0.2) is 15.0 Å². The van der Waals surface area contributed by atoms with E-state index in [1.165, 1.54) is 5.56 Å². The summed E-state index contributed by atoms with van der Waals surface area (Å²) in [6.07, 6.45) is 0. The lowest BCUT2D eigenvalue weighted by Gasteiger charge is -2.13. The van der Waals surface area contributed by atoms with Crippen LogP contribution in [0.15, 0.2) is 223 Å². The van der Waals surface area contributed by atoms with E-state index in [0.29, 0.717) is 39.8 Å². The second-order valence-corrected chi connectivity index (χ2v) is 15.2. The largest absolute Gasteiger partial charge is 0.455 e. The van der Waals surface area contributed by atoms with Gasteiger partial charge in [0.05, 0.1) is 23.5 Å². The molecule has 0 unspecified atom stereocenters. The number of hydrogen-bond donors (Lipinski definition) is 0. The Bertz CT molecular complexity index is 3820. The standard InChI is InChI=1S/C57H36N4O/c1-4-14-37(15-5-1)39-24-26-40(27-25-39)41-28-30-43(31-29-41)56-58-55(42-18-8-3-9-19-42)59-57(60-56)50-36-45(61-51-22-12-10-20-46(51)47-21-11-13-23-52(47)61)35-49-48-33-32-44(34-53(48)62-54(49)50)38-16-6-2-7-17-38/h1-36H/i2D,6D,7D,16D,17D. The van der Waals surface area contributed by atoms with E-state index in [-0.39, 0.29) is 17.6 Å². The minimum Gasteiger partial charge on any atom is -0.455 e. The molecule has 0 amide bonds. The second-order valence-electron chi connectivity index (χ2n) is 15.2. The highest BCUT2D eigenvalue weighted by Gasteiger charge is 2.22. The Kier molecular flexibility index (Phi) is 7.25. The highest BCUT2D eigenvalue weighted by Crippen LogP contribution is 2.41. The first-order valence-electron chi connectivity index (χ1n) is 22.9. The van der Waals surface area contributed by atoms with E-state index < -0.39 is 18.1 Å². The van der Waals surface area contributed by atoms with Crippen molar-refractivity contribution in [1.82, 2.24) is 19.5 Å². The minimum atomic E-state index is -0.442. The van der Waals surface area contributed by atoms with Crippen molar-refractivity contribution in [3.05, 3.63) is 218 Å². The smallest absolute Gasteiger partial charge is 0.167 e. The molecule has 0 aliphatic carbocycles. The van der Waals surface area contributed by atoms with E-state index in [0.717, 1.165) is 66.1 Å². The summed E-state index contributed by atoms with van der Waals surface area (Å²) in [6.45, 7) is 0. The lowest BCUT2D eigenvalue weighted by molar-refractivity contribution is 0.669. The Labute approximate surface area is 364 Å².